The Kier molecular flexibility index (Phi) is 4.72. The average Bonchev–Trinajstić information content (AvgIpc) is 3.52. The van der Waals surface area contributed by atoms with Crippen molar-refractivity contribution >= 4 is 5.65 Å². The molecule has 5 rings (SSSR count). The van der Waals surface area contributed by atoms with Crippen LogP contribution in [0.5, 0.6) is 11.5 Å². The molecule has 0 unspecified atom stereocenters. The Morgan fingerprint density at radius 3 is 2.93 bits per heavy atom. The number of terminal acetylenes is 1. The number of nitrogens with one attached hydrogen (secondary N) is 1. The third-order valence-corrected chi connectivity index (χ3v) is 5.83. The highest BCUT2D eigenvalue weighted by Gasteiger charge is 2.27. The number of hydrogen-bond acceptors (Lipinski definition) is 5. The second kappa shape index (κ2) is 7.54. The van der Waals surface area contributed by atoms with Gasteiger partial charge in [0, 0.05) is 42.9 Å². The van der Waals surface area contributed by atoms with Crippen LogP contribution >= 0.6 is 0 Å². The molecule has 154 valence electrons. The smallest absolute Gasteiger partial charge is 0.276 e. The number of fused-ring (bicyclic) bond motifs is 2. The van der Waals surface area contributed by atoms with E-state index in [0.29, 0.717) is 30.4 Å². The quantitative estimate of drug-likeness (QED) is 0.639. The highest BCUT2D eigenvalue weighted by Crippen LogP contribution is 2.39. The number of methoxy groups -OCH3 is 1. The van der Waals surface area contributed by atoms with Gasteiger partial charge in [-0.1, -0.05) is 12.0 Å². The molecule has 3 aromatic rings. The molecule has 2 aromatic heterocycles. The molecule has 7 heteroatoms. The predicted octanol–water partition coefficient (Wildman–Crippen LogP) is 2.48. The summed E-state index contributed by atoms with van der Waals surface area (Å²) in [5.41, 5.74) is 4.70. The summed E-state index contributed by atoms with van der Waals surface area (Å²) in [6.45, 7) is 2.41. The summed E-state index contributed by atoms with van der Waals surface area (Å²) in [5, 5.41) is 3.25. The molecule has 2 aliphatic rings. The fourth-order valence-electron chi connectivity index (χ4n) is 4.11. The third-order valence-electron chi connectivity index (χ3n) is 5.83. The fraction of sp³-hybridized carbons (Fsp3) is 0.391. The maximum absolute atomic E-state index is 12.9. The van der Waals surface area contributed by atoms with Crippen LogP contribution in [0.4, 0.5) is 0 Å². The van der Waals surface area contributed by atoms with Gasteiger partial charge >= 0.3 is 0 Å². The molecular weight excluding hydrogens is 380 g/mol. The van der Waals surface area contributed by atoms with Crippen molar-refractivity contribution in [3.8, 4) is 23.8 Å². The second-order valence-electron chi connectivity index (χ2n) is 7.96. The standard InChI is InChI=1S/C23H24N4O3/c1-3-10-30-20-7-4-15(11-21(20)29-2)13-26-9-8-17-19(14-26)24-22-12-18(16-5-6-16)25-27(22)23(17)28/h1,4,7,11-12,16,25H,5-6,8-10,13-14H2,2H3. The van der Waals surface area contributed by atoms with Gasteiger partial charge in [0.2, 0.25) is 0 Å². The Morgan fingerprint density at radius 2 is 2.17 bits per heavy atom. The lowest BCUT2D eigenvalue weighted by Gasteiger charge is -2.27. The Hall–Kier alpha value is -3.24. The van der Waals surface area contributed by atoms with Crippen LogP contribution in [0.15, 0.2) is 29.1 Å². The zero-order valence-corrected chi connectivity index (χ0v) is 17.0. The van der Waals surface area contributed by atoms with Crippen LogP contribution in [0.2, 0.25) is 0 Å². The topological polar surface area (TPSA) is 71.9 Å². The van der Waals surface area contributed by atoms with Gasteiger partial charge in [-0.25, -0.2) is 9.50 Å². The first kappa shape index (κ1) is 18.8. The van der Waals surface area contributed by atoms with Crippen LogP contribution in [0.1, 0.15) is 41.3 Å². The number of ether oxygens (including phenoxy) is 2. The van der Waals surface area contributed by atoms with Gasteiger partial charge < -0.3 is 9.47 Å². The normalized spacial score (nSPS) is 16.3. The molecule has 3 heterocycles. The lowest BCUT2D eigenvalue weighted by molar-refractivity contribution is 0.240. The van der Waals surface area contributed by atoms with Crippen LogP contribution in [0.3, 0.4) is 0 Å². The van der Waals surface area contributed by atoms with Crippen molar-refractivity contribution in [2.24, 2.45) is 0 Å². The number of aromatic amines is 1. The first-order chi connectivity index (χ1) is 14.7. The van der Waals surface area contributed by atoms with Crippen molar-refractivity contribution in [1.29, 1.82) is 0 Å². The van der Waals surface area contributed by atoms with E-state index in [1.165, 1.54) is 12.8 Å². The first-order valence-corrected chi connectivity index (χ1v) is 10.2. The van der Waals surface area contributed by atoms with Crippen LogP contribution < -0.4 is 15.0 Å². The number of H-pyrrole nitrogens is 1. The number of benzene rings is 1. The molecule has 0 amide bonds. The van der Waals surface area contributed by atoms with Crippen molar-refractivity contribution in [3.05, 3.63) is 57.1 Å². The molecule has 1 aliphatic heterocycles. The van der Waals surface area contributed by atoms with Gasteiger partial charge in [0.05, 0.1) is 12.8 Å². The molecule has 0 radical (unpaired) electrons. The molecule has 0 atom stereocenters. The largest absolute Gasteiger partial charge is 0.493 e. The van der Waals surface area contributed by atoms with E-state index in [1.807, 2.05) is 24.3 Å². The number of nitrogens with zero attached hydrogens (tertiary/aromatic N) is 3. The van der Waals surface area contributed by atoms with Gasteiger partial charge in [-0.2, -0.15) is 0 Å². The summed E-state index contributed by atoms with van der Waals surface area (Å²) in [6, 6.07) is 7.90. The van der Waals surface area contributed by atoms with Crippen LogP contribution in [0, 0.1) is 12.3 Å². The van der Waals surface area contributed by atoms with E-state index in [4.69, 9.17) is 20.9 Å². The van der Waals surface area contributed by atoms with Gasteiger partial charge in [0.25, 0.3) is 5.56 Å². The minimum Gasteiger partial charge on any atom is -0.493 e. The number of rotatable bonds is 6. The van der Waals surface area contributed by atoms with E-state index in [0.717, 1.165) is 41.3 Å². The van der Waals surface area contributed by atoms with E-state index < -0.39 is 0 Å². The maximum atomic E-state index is 12.9. The Bertz CT molecular complexity index is 1200. The predicted molar refractivity (Wildman–Crippen MR) is 113 cm³/mol. The molecule has 30 heavy (non-hydrogen) atoms. The van der Waals surface area contributed by atoms with E-state index in [1.54, 1.807) is 11.6 Å². The van der Waals surface area contributed by atoms with E-state index in [9.17, 15) is 4.79 Å². The Balaban J connectivity index is 1.36. The molecule has 0 bridgehead atoms. The Morgan fingerprint density at radius 1 is 1.30 bits per heavy atom. The molecular formula is C23H24N4O3. The molecule has 1 N–H and O–H groups in total. The van der Waals surface area contributed by atoms with Gasteiger partial charge in [-0.05, 0) is 37.0 Å². The van der Waals surface area contributed by atoms with Gasteiger partial charge in [-0.15, -0.1) is 6.42 Å². The molecule has 1 aromatic carbocycles. The van der Waals surface area contributed by atoms with Crippen LogP contribution in [-0.4, -0.2) is 39.8 Å². The van der Waals surface area contributed by atoms with Gasteiger partial charge in [0.15, 0.2) is 17.1 Å². The summed E-state index contributed by atoms with van der Waals surface area (Å²) in [6.07, 6.45) is 8.34. The fourth-order valence-corrected chi connectivity index (χ4v) is 4.11. The highest BCUT2D eigenvalue weighted by atomic mass is 16.5. The van der Waals surface area contributed by atoms with Crippen molar-refractivity contribution in [2.75, 3.05) is 20.3 Å². The lowest BCUT2D eigenvalue weighted by Crippen LogP contribution is -2.36. The second-order valence-corrected chi connectivity index (χ2v) is 7.96. The maximum Gasteiger partial charge on any atom is 0.276 e. The third kappa shape index (κ3) is 3.44. The summed E-state index contributed by atoms with van der Waals surface area (Å²) in [5.74, 6) is 4.32. The molecule has 1 fully saturated rings. The average molecular weight is 404 g/mol. The molecule has 1 aliphatic carbocycles. The van der Waals surface area contributed by atoms with Crippen molar-refractivity contribution < 1.29 is 9.47 Å². The van der Waals surface area contributed by atoms with Crippen molar-refractivity contribution in [1.82, 2.24) is 19.5 Å². The van der Waals surface area contributed by atoms with Crippen molar-refractivity contribution in [3.63, 3.8) is 0 Å². The minimum absolute atomic E-state index is 0.0400. The van der Waals surface area contributed by atoms with Crippen LogP contribution in [-0.2, 0) is 19.5 Å². The van der Waals surface area contributed by atoms with E-state index in [2.05, 4.69) is 15.9 Å². The lowest BCUT2D eigenvalue weighted by atomic mass is 10.1. The van der Waals surface area contributed by atoms with Crippen LogP contribution in [0.25, 0.3) is 5.65 Å². The summed E-state index contributed by atoms with van der Waals surface area (Å²) >= 11 is 0. The summed E-state index contributed by atoms with van der Waals surface area (Å²) < 4.78 is 12.6. The summed E-state index contributed by atoms with van der Waals surface area (Å²) in [7, 11) is 1.62. The molecule has 0 saturated heterocycles. The Labute approximate surface area is 174 Å². The SMILES string of the molecule is C#CCOc1ccc(CN2CCc3c(nc4cc(C5CC5)[nH]n4c3=O)C2)cc1OC. The zero-order valence-electron chi connectivity index (χ0n) is 17.0. The van der Waals surface area contributed by atoms with Gasteiger partial charge in [-0.3, -0.25) is 14.8 Å². The summed E-state index contributed by atoms with van der Waals surface area (Å²) in [4.78, 5) is 20.0. The van der Waals surface area contributed by atoms with E-state index in [-0.39, 0.29) is 12.2 Å². The monoisotopic (exact) mass is 404 g/mol. The number of hydrogen-bond donors (Lipinski definition) is 1. The zero-order chi connectivity index (χ0) is 20.7. The molecule has 1 saturated carbocycles. The molecule has 0 spiro atoms. The number of aromatic nitrogens is 3. The highest BCUT2D eigenvalue weighted by molar-refractivity contribution is 5.45. The van der Waals surface area contributed by atoms with Gasteiger partial charge in [0.1, 0.15) is 6.61 Å². The first-order valence-electron chi connectivity index (χ1n) is 10.2. The van der Waals surface area contributed by atoms with E-state index >= 15 is 0 Å². The van der Waals surface area contributed by atoms with Crippen molar-refractivity contribution in [2.45, 2.75) is 38.3 Å². The molecule has 7 nitrogen and oxygen atoms in total. The minimum atomic E-state index is 0.0400.